The molecule has 3 aromatic rings. The molecule has 0 aromatic heterocycles. The topological polar surface area (TPSA) is 71.6 Å². The summed E-state index contributed by atoms with van der Waals surface area (Å²) in [5.74, 6) is 0.929. The van der Waals surface area contributed by atoms with Crippen molar-refractivity contribution in [2.45, 2.75) is 6.92 Å². The van der Waals surface area contributed by atoms with E-state index in [1.54, 1.807) is 0 Å². The molecule has 0 heterocycles. The van der Waals surface area contributed by atoms with Gasteiger partial charge in [-0.25, -0.2) is 0 Å². The highest BCUT2D eigenvalue weighted by Crippen LogP contribution is 2.23. The highest BCUT2D eigenvalue weighted by atomic mass is 32.1. The van der Waals surface area contributed by atoms with Crippen molar-refractivity contribution in [3.05, 3.63) is 78.9 Å². The van der Waals surface area contributed by atoms with Crippen molar-refractivity contribution < 1.29 is 14.3 Å². The maximum absolute atomic E-state index is 12.0. The zero-order chi connectivity index (χ0) is 21.2. The number of carbonyl (C=O) groups is 1. The smallest absolute Gasteiger partial charge is 0.276 e. The van der Waals surface area contributed by atoms with Crippen molar-refractivity contribution in [3.8, 4) is 22.6 Å². The van der Waals surface area contributed by atoms with Gasteiger partial charge >= 0.3 is 0 Å². The Labute approximate surface area is 181 Å². The van der Waals surface area contributed by atoms with E-state index in [0.717, 1.165) is 11.1 Å². The van der Waals surface area contributed by atoms with Crippen LogP contribution in [0.4, 0.5) is 5.69 Å². The quantitative estimate of drug-likeness (QED) is 0.393. The lowest BCUT2D eigenvalue weighted by atomic mass is 10.1. The average molecular weight is 422 g/mol. The third kappa shape index (κ3) is 6.22. The minimum Gasteiger partial charge on any atom is -0.492 e. The first kappa shape index (κ1) is 21.1. The Bertz CT molecular complexity index is 978. The molecule has 0 saturated carbocycles. The third-order valence-corrected chi connectivity index (χ3v) is 4.29. The molecule has 3 aromatic carbocycles. The largest absolute Gasteiger partial charge is 0.492 e. The number of rotatable bonds is 7. The molecule has 154 valence electrons. The van der Waals surface area contributed by atoms with Gasteiger partial charge < -0.3 is 14.8 Å². The Balaban J connectivity index is 1.43. The molecule has 30 heavy (non-hydrogen) atoms. The molecule has 0 aliphatic heterocycles. The highest BCUT2D eigenvalue weighted by molar-refractivity contribution is 7.80. The maximum Gasteiger partial charge on any atom is 0.276 e. The zero-order valence-corrected chi connectivity index (χ0v) is 17.4. The van der Waals surface area contributed by atoms with Gasteiger partial charge in [-0.3, -0.25) is 15.6 Å². The van der Waals surface area contributed by atoms with Gasteiger partial charge in [-0.05, 0) is 54.5 Å². The van der Waals surface area contributed by atoms with Crippen LogP contribution < -0.4 is 25.6 Å². The van der Waals surface area contributed by atoms with Crippen LogP contribution in [0.5, 0.6) is 11.5 Å². The minimum absolute atomic E-state index is 0.143. The van der Waals surface area contributed by atoms with Crippen molar-refractivity contribution >= 4 is 28.9 Å². The minimum atomic E-state index is -0.357. The van der Waals surface area contributed by atoms with Gasteiger partial charge in [0.1, 0.15) is 11.5 Å². The predicted molar refractivity (Wildman–Crippen MR) is 122 cm³/mol. The van der Waals surface area contributed by atoms with E-state index in [-0.39, 0.29) is 17.6 Å². The fraction of sp³-hybridized carbons (Fsp3) is 0.130. The number of nitrogens with one attached hydrogen (secondary N) is 3. The lowest BCUT2D eigenvalue weighted by molar-refractivity contribution is -0.123. The van der Waals surface area contributed by atoms with E-state index in [0.29, 0.717) is 23.8 Å². The number of ether oxygens (including phenoxy) is 2. The summed E-state index contributed by atoms with van der Waals surface area (Å²) in [7, 11) is 0. The van der Waals surface area contributed by atoms with Gasteiger partial charge in [0.15, 0.2) is 11.7 Å². The number of carbonyl (C=O) groups excluding carboxylic acids is 1. The second-order valence-corrected chi connectivity index (χ2v) is 6.64. The number of hydrogen-bond donors (Lipinski definition) is 3. The maximum atomic E-state index is 12.0. The molecule has 7 heteroatoms. The van der Waals surface area contributed by atoms with E-state index >= 15 is 0 Å². The van der Waals surface area contributed by atoms with E-state index < -0.39 is 0 Å². The van der Waals surface area contributed by atoms with E-state index in [4.69, 9.17) is 21.7 Å². The lowest BCUT2D eigenvalue weighted by Gasteiger charge is -2.14. The summed E-state index contributed by atoms with van der Waals surface area (Å²) in [6, 6.07) is 25.0. The summed E-state index contributed by atoms with van der Waals surface area (Å²) in [5.41, 5.74) is 8.07. The van der Waals surface area contributed by atoms with Crippen molar-refractivity contribution in [1.29, 1.82) is 0 Å². The van der Waals surface area contributed by atoms with E-state index in [1.807, 2.05) is 85.8 Å². The molecule has 3 N–H and O–H groups in total. The zero-order valence-electron chi connectivity index (χ0n) is 16.6. The summed E-state index contributed by atoms with van der Waals surface area (Å²) in [5, 5.41) is 3.22. The second-order valence-electron chi connectivity index (χ2n) is 6.24. The van der Waals surface area contributed by atoms with Gasteiger partial charge in [-0.1, -0.05) is 54.6 Å². The van der Waals surface area contributed by atoms with Crippen molar-refractivity contribution in [2.75, 3.05) is 18.5 Å². The Morgan fingerprint density at radius 3 is 2.23 bits per heavy atom. The molecular weight excluding hydrogens is 398 g/mol. The van der Waals surface area contributed by atoms with Crippen molar-refractivity contribution in [1.82, 2.24) is 10.9 Å². The van der Waals surface area contributed by atoms with Crippen LogP contribution in [0.15, 0.2) is 78.9 Å². The van der Waals surface area contributed by atoms with Crippen LogP contribution in [0.25, 0.3) is 11.1 Å². The summed E-state index contributed by atoms with van der Waals surface area (Å²) in [4.78, 5) is 12.0. The number of benzene rings is 3. The van der Waals surface area contributed by atoms with E-state index in [1.165, 1.54) is 0 Å². The Hall–Kier alpha value is -3.58. The molecule has 6 nitrogen and oxygen atoms in total. The molecular formula is C23H23N3O3S. The van der Waals surface area contributed by atoms with Gasteiger partial charge in [0, 0.05) is 0 Å². The summed E-state index contributed by atoms with van der Waals surface area (Å²) >= 11 is 5.20. The van der Waals surface area contributed by atoms with Gasteiger partial charge in [0.25, 0.3) is 5.91 Å². The molecule has 3 rings (SSSR count). The summed E-state index contributed by atoms with van der Waals surface area (Å²) in [6.45, 7) is 2.30. The number of hydrogen-bond acceptors (Lipinski definition) is 4. The van der Waals surface area contributed by atoms with Gasteiger partial charge in [0.2, 0.25) is 0 Å². The van der Waals surface area contributed by atoms with Crippen LogP contribution in [-0.2, 0) is 4.79 Å². The number of thiocarbonyl (C=S) groups is 1. The molecule has 0 spiro atoms. The molecule has 0 aliphatic carbocycles. The van der Waals surface area contributed by atoms with Gasteiger partial charge in [0.05, 0.1) is 12.3 Å². The summed E-state index contributed by atoms with van der Waals surface area (Å²) in [6.07, 6.45) is 0. The van der Waals surface area contributed by atoms with E-state index in [9.17, 15) is 4.79 Å². The lowest BCUT2D eigenvalue weighted by Crippen LogP contribution is -2.45. The fourth-order valence-corrected chi connectivity index (χ4v) is 2.85. The Morgan fingerprint density at radius 2 is 1.50 bits per heavy atom. The molecule has 0 radical (unpaired) electrons. The number of anilines is 1. The van der Waals surface area contributed by atoms with E-state index in [2.05, 4.69) is 16.2 Å². The molecule has 0 saturated heterocycles. The predicted octanol–water partition coefficient (Wildman–Crippen LogP) is 4.15. The standard InChI is InChI=1S/C23H23N3O3S/c1-2-28-21-11-7-6-10-20(21)24-23(30)26-25-22(27)16-29-19-14-12-18(13-15-19)17-8-4-3-5-9-17/h3-15H,2,16H2,1H3,(H,25,27)(H2,24,26,30). The fourth-order valence-electron chi connectivity index (χ4n) is 2.69. The molecule has 0 unspecified atom stereocenters. The van der Waals surface area contributed by atoms with Crippen LogP contribution >= 0.6 is 12.2 Å². The van der Waals surface area contributed by atoms with Crippen LogP contribution in [0.2, 0.25) is 0 Å². The average Bonchev–Trinajstić information content (AvgIpc) is 2.79. The van der Waals surface area contributed by atoms with Crippen molar-refractivity contribution in [2.24, 2.45) is 0 Å². The summed E-state index contributed by atoms with van der Waals surface area (Å²) < 4.78 is 11.1. The van der Waals surface area contributed by atoms with Gasteiger partial charge in [-0.15, -0.1) is 0 Å². The number of hydrazine groups is 1. The van der Waals surface area contributed by atoms with Crippen LogP contribution in [0.1, 0.15) is 6.92 Å². The van der Waals surface area contributed by atoms with Crippen LogP contribution in [0, 0.1) is 0 Å². The van der Waals surface area contributed by atoms with Gasteiger partial charge in [-0.2, -0.15) is 0 Å². The SMILES string of the molecule is CCOc1ccccc1NC(=S)NNC(=O)COc1ccc(-c2ccccc2)cc1. The molecule has 0 fully saturated rings. The second kappa shape index (κ2) is 10.8. The monoisotopic (exact) mass is 421 g/mol. The molecule has 0 aliphatic rings. The van der Waals surface area contributed by atoms with Crippen LogP contribution in [-0.4, -0.2) is 24.2 Å². The highest BCUT2D eigenvalue weighted by Gasteiger charge is 2.07. The van der Waals surface area contributed by atoms with Crippen LogP contribution in [0.3, 0.4) is 0 Å². The molecule has 0 bridgehead atoms. The first-order valence-electron chi connectivity index (χ1n) is 9.51. The first-order chi connectivity index (χ1) is 14.7. The normalized spacial score (nSPS) is 10.0. The Kier molecular flexibility index (Phi) is 7.63. The molecule has 0 atom stereocenters. The third-order valence-electron chi connectivity index (χ3n) is 4.08. The number of para-hydroxylation sites is 2. The first-order valence-corrected chi connectivity index (χ1v) is 9.92. The van der Waals surface area contributed by atoms with Crippen molar-refractivity contribution in [3.63, 3.8) is 0 Å². The Morgan fingerprint density at radius 1 is 0.833 bits per heavy atom. The molecule has 1 amide bonds. The number of amides is 1.